The Hall–Kier alpha value is -0.710. The fraction of sp³-hybridized carbons (Fsp3) is 0.231. The summed E-state index contributed by atoms with van der Waals surface area (Å²) in [5.74, 6) is -0.353. The van der Waals surface area contributed by atoms with E-state index in [1.807, 2.05) is 12.1 Å². The third kappa shape index (κ3) is 2.76. The van der Waals surface area contributed by atoms with Crippen molar-refractivity contribution in [3.63, 3.8) is 0 Å². The molecule has 0 aliphatic carbocycles. The van der Waals surface area contributed by atoms with Crippen LogP contribution in [0.2, 0.25) is 0 Å². The van der Waals surface area contributed by atoms with Gasteiger partial charge in [-0.3, -0.25) is 0 Å². The van der Waals surface area contributed by atoms with Gasteiger partial charge in [-0.05, 0) is 52.2 Å². The molecule has 1 nitrogen and oxygen atoms in total. The van der Waals surface area contributed by atoms with Gasteiger partial charge in [-0.2, -0.15) is 0 Å². The largest absolute Gasteiger partial charge is 0.383 e. The van der Waals surface area contributed by atoms with Crippen LogP contribution in [0, 0.1) is 5.82 Å². The monoisotopic (exact) mass is 314 g/mol. The smallest absolute Gasteiger partial charge is 0.137 e. The molecule has 0 radical (unpaired) electrons. The quantitative estimate of drug-likeness (QED) is 0.895. The zero-order valence-electron chi connectivity index (χ0n) is 9.28. The van der Waals surface area contributed by atoms with Crippen LogP contribution >= 0.6 is 27.3 Å². The van der Waals surface area contributed by atoms with E-state index in [1.165, 1.54) is 10.9 Å². The van der Waals surface area contributed by atoms with Crippen LogP contribution in [0.15, 0.2) is 34.8 Å². The molecule has 0 amide bonds. The topological polar surface area (TPSA) is 20.2 Å². The Morgan fingerprint density at radius 2 is 2.12 bits per heavy atom. The Morgan fingerprint density at radius 1 is 1.35 bits per heavy atom. The molecule has 0 aliphatic heterocycles. The maximum atomic E-state index is 13.4. The number of aryl methyl sites for hydroxylation is 1. The highest BCUT2D eigenvalue weighted by Gasteiger charge is 2.14. The molecular formula is C13H12BrFOS. The number of thiophene rings is 1. The van der Waals surface area contributed by atoms with Crippen molar-refractivity contribution < 1.29 is 9.50 Å². The fourth-order valence-corrected chi connectivity index (χ4v) is 2.79. The van der Waals surface area contributed by atoms with E-state index >= 15 is 0 Å². The molecule has 1 aromatic heterocycles. The summed E-state index contributed by atoms with van der Waals surface area (Å²) >= 11 is 4.66. The van der Waals surface area contributed by atoms with Gasteiger partial charge in [-0.1, -0.05) is 13.0 Å². The van der Waals surface area contributed by atoms with E-state index in [0.717, 1.165) is 11.3 Å². The number of benzene rings is 1. The summed E-state index contributed by atoms with van der Waals surface area (Å²) in [6.45, 7) is 2.07. The summed E-state index contributed by atoms with van der Waals surface area (Å²) in [7, 11) is 0. The van der Waals surface area contributed by atoms with Crippen LogP contribution in [0.1, 0.15) is 28.3 Å². The number of rotatable bonds is 3. The van der Waals surface area contributed by atoms with Crippen LogP contribution in [-0.2, 0) is 6.42 Å². The van der Waals surface area contributed by atoms with Crippen LogP contribution in [0.3, 0.4) is 0 Å². The molecule has 1 aromatic carbocycles. The lowest BCUT2D eigenvalue weighted by Crippen LogP contribution is -1.97. The van der Waals surface area contributed by atoms with Gasteiger partial charge < -0.3 is 5.11 Å². The van der Waals surface area contributed by atoms with E-state index in [1.54, 1.807) is 23.5 Å². The highest BCUT2D eigenvalue weighted by Crippen LogP contribution is 2.30. The van der Waals surface area contributed by atoms with E-state index in [4.69, 9.17) is 0 Å². The second-order valence-electron chi connectivity index (χ2n) is 3.73. The number of aliphatic hydroxyl groups excluding tert-OH is 1. The summed E-state index contributed by atoms with van der Waals surface area (Å²) in [5.41, 5.74) is 0.579. The molecule has 0 saturated heterocycles. The van der Waals surface area contributed by atoms with Crippen molar-refractivity contribution >= 4 is 27.3 Å². The highest BCUT2D eigenvalue weighted by atomic mass is 79.9. The zero-order chi connectivity index (χ0) is 12.4. The first-order valence-electron chi connectivity index (χ1n) is 5.33. The molecule has 2 rings (SSSR count). The average Bonchev–Trinajstić information content (AvgIpc) is 2.80. The molecule has 1 unspecified atom stereocenters. The number of hydrogen-bond donors (Lipinski definition) is 1. The van der Waals surface area contributed by atoms with Gasteiger partial charge in [-0.15, -0.1) is 11.3 Å². The van der Waals surface area contributed by atoms with Gasteiger partial charge in [0.25, 0.3) is 0 Å². The van der Waals surface area contributed by atoms with Crippen LogP contribution in [0.25, 0.3) is 0 Å². The Kier molecular flexibility index (Phi) is 3.97. The fourth-order valence-electron chi connectivity index (χ4n) is 1.58. The minimum absolute atomic E-state index is 0.353. The molecule has 1 N–H and O–H groups in total. The molecule has 0 spiro atoms. The maximum Gasteiger partial charge on any atom is 0.137 e. The first-order chi connectivity index (χ1) is 8.11. The van der Waals surface area contributed by atoms with E-state index in [2.05, 4.69) is 22.9 Å². The Balaban J connectivity index is 2.29. The van der Waals surface area contributed by atoms with Gasteiger partial charge in [-0.25, -0.2) is 4.39 Å². The molecule has 2 aromatic rings. The molecule has 0 aliphatic rings. The summed E-state index contributed by atoms with van der Waals surface area (Å²) < 4.78 is 13.8. The molecule has 0 fully saturated rings. The van der Waals surface area contributed by atoms with E-state index in [0.29, 0.717) is 10.0 Å². The van der Waals surface area contributed by atoms with E-state index in [9.17, 15) is 9.50 Å². The van der Waals surface area contributed by atoms with Gasteiger partial charge >= 0.3 is 0 Å². The average molecular weight is 315 g/mol. The van der Waals surface area contributed by atoms with Crippen molar-refractivity contribution in [1.29, 1.82) is 0 Å². The summed E-state index contributed by atoms with van der Waals surface area (Å²) in [6.07, 6.45) is 0.203. The van der Waals surface area contributed by atoms with E-state index in [-0.39, 0.29) is 5.82 Å². The predicted octanol–water partition coefficient (Wildman–Crippen LogP) is 4.29. The standard InChI is InChI=1S/C13H12BrFOS/c1-2-9-4-6-12(17-9)13(16)8-3-5-10(14)11(15)7-8/h3-7,13,16H,2H2,1H3. The summed E-state index contributed by atoms with van der Waals surface area (Å²) in [5, 5.41) is 10.1. The van der Waals surface area contributed by atoms with Gasteiger partial charge in [0.1, 0.15) is 11.9 Å². The van der Waals surface area contributed by atoms with Crippen molar-refractivity contribution in [2.75, 3.05) is 0 Å². The van der Waals surface area contributed by atoms with Crippen molar-refractivity contribution in [1.82, 2.24) is 0 Å². The minimum Gasteiger partial charge on any atom is -0.383 e. The molecular weight excluding hydrogens is 303 g/mol. The second-order valence-corrected chi connectivity index (χ2v) is 5.79. The third-order valence-corrected chi connectivity index (χ3v) is 4.48. The molecule has 0 saturated carbocycles. The number of halogens is 2. The molecule has 90 valence electrons. The lowest BCUT2D eigenvalue weighted by Gasteiger charge is -2.09. The SMILES string of the molecule is CCc1ccc(C(O)c2ccc(Br)c(F)c2)s1. The van der Waals surface area contributed by atoms with Gasteiger partial charge in [0, 0.05) is 9.75 Å². The Morgan fingerprint density at radius 3 is 2.71 bits per heavy atom. The van der Waals surface area contributed by atoms with Crippen molar-refractivity contribution in [2.24, 2.45) is 0 Å². The maximum absolute atomic E-state index is 13.4. The van der Waals surface area contributed by atoms with Crippen molar-refractivity contribution in [3.05, 3.63) is 55.9 Å². The van der Waals surface area contributed by atoms with Crippen LogP contribution in [-0.4, -0.2) is 5.11 Å². The van der Waals surface area contributed by atoms with Gasteiger partial charge in [0.15, 0.2) is 0 Å². The lowest BCUT2D eigenvalue weighted by molar-refractivity contribution is 0.223. The summed E-state index contributed by atoms with van der Waals surface area (Å²) in [6, 6.07) is 8.60. The van der Waals surface area contributed by atoms with Crippen LogP contribution < -0.4 is 0 Å². The van der Waals surface area contributed by atoms with Gasteiger partial charge in [0.05, 0.1) is 4.47 Å². The molecule has 0 bridgehead atoms. The molecule has 1 heterocycles. The molecule has 1 atom stereocenters. The van der Waals surface area contributed by atoms with Crippen molar-refractivity contribution in [3.8, 4) is 0 Å². The Bertz CT molecular complexity index is 524. The van der Waals surface area contributed by atoms with Crippen molar-refractivity contribution in [2.45, 2.75) is 19.4 Å². The first kappa shape index (κ1) is 12.7. The van der Waals surface area contributed by atoms with Crippen LogP contribution in [0.5, 0.6) is 0 Å². The third-order valence-electron chi connectivity index (χ3n) is 2.56. The minimum atomic E-state index is -0.747. The second kappa shape index (κ2) is 5.29. The highest BCUT2D eigenvalue weighted by molar-refractivity contribution is 9.10. The lowest BCUT2D eigenvalue weighted by atomic mass is 10.1. The number of aliphatic hydroxyl groups is 1. The molecule has 17 heavy (non-hydrogen) atoms. The van der Waals surface area contributed by atoms with Gasteiger partial charge in [0.2, 0.25) is 0 Å². The van der Waals surface area contributed by atoms with Crippen LogP contribution in [0.4, 0.5) is 4.39 Å². The predicted molar refractivity (Wildman–Crippen MR) is 71.9 cm³/mol. The number of hydrogen-bond acceptors (Lipinski definition) is 2. The molecule has 4 heteroatoms. The first-order valence-corrected chi connectivity index (χ1v) is 6.94. The normalized spacial score (nSPS) is 12.7. The zero-order valence-corrected chi connectivity index (χ0v) is 11.7. The Labute approximate surface area is 112 Å². The van der Waals surface area contributed by atoms with E-state index < -0.39 is 6.10 Å². The summed E-state index contributed by atoms with van der Waals surface area (Å²) in [4.78, 5) is 2.07.